The molecule has 0 bridgehead atoms. The zero-order valence-electron chi connectivity index (χ0n) is 14.2. The van der Waals surface area contributed by atoms with E-state index in [1.165, 1.54) is 35.3 Å². The van der Waals surface area contributed by atoms with Gasteiger partial charge in [0.2, 0.25) is 11.6 Å². The molecule has 9 heteroatoms. The summed E-state index contributed by atoms with van der Waals surface area (Å²) in [4.78, 5) is 45.5. The van der Waals surface area contributed by atoms with Crippen LogP contribution in [-0.4, -0.2) is 40.3 Å². The number of carbonyl (C=O) groups is 3. The molecule has 1 atom stereocenters. The average molecular weight is 405 g/mol. The standard InChI is InChI=1S/C18H14Cl2N4O3/c1-23-16(26)13-3-2-10(19)7-14(13)24-15(25)4-5-18(23,24)17(27)22-12-6-11(20)8-21-9-12/h2-3,6-9H,4-5H2,1H3,(H,22,27)/t18-/m1/s1. The number of nitrogens with zero attached hydrogens (tertiary/aromatic N) is 3. The van der Waals surface area contributed by atoms with Crippen molar-refractivity contribution in [1.29, 1.82) is 0 Å². The van der Waals surface area contributed by atoms with E-state index in [0.717, 1.165) is 0 Å². The van der Waals surface area contributed by atoms with Gasteiger partial charge >= 0.3 is 0 Å². The molecule has 2 aromatic rings. The van der Waals surface area contributed by atoms with Crippen LogP contribution >= 0.6 is 23.2 Å². The van der Waals surface area contributed by atoms with Crippen molar-refractivity contribution >= 4 is 52.3 Å². The molecule has 7 nitrogen and oxygen atoms in total. The van der Waals surface area contributed by atoms with Crippen LogP contribution in [0.25, 0.3) is 0 Å². The van der Waals surface area contributed by atoms with Gasteiger partial charge in [-0.1, -0.05) is 23.2 Å². The molecular formula is C18H14Cl2N4O3. The number of hydrogen-bond acceptors (Lipinski definition) is 4. The fraction of sp³-hybridized carbons (Fsp3) is 0.222. The fourth-order valence-electron chi connectivity index (χ4n) is 3.66. The highest BCUT2D eigenvalue weighted by Gasteiger charge is 2.59. The summed E-state index contributed by atoms with van der Waals surface area (Å²) >= 11 is 12.0. The number of anilines is 2. The van der Waals surface area contributed by atoms with Crippen LogP contribution in [0.2, 0.25) is 10.0 Å². The Morgan fingerprint density at radius 2 is 1.96 bits per heavy atom. The highest BCUT2D eigenvalue weighted by molar-refractivity contribution is 6.32. The maximum atomic E-state index is 13.3. The van der Waals surface area contributed by atoms with Crippen LogP contribution in [0.5, 0.6) is 0 Å². The van der Waals surface area contributed by atoms with Gasteiger partial charge in [0, 0.05) is 31.1 Å². The molecule has 3 amide bonds. The molecule has 138 valence electrons. The second-order valence-corrected chi connectivity index (χ2v) is 7.29. The Hall–Kier alpha value is -2.64. The van der Waals surface area contributed by atoms with Gasteiger partial charge in [0.1, 0.15) is 0 Å². The van der Waals surface area contributed by atoms with Gasteiger partial charge in [-0.15, -0.1) is 0 Å². The lowest BCUT2D eigenvalue weighted by atomic mass is 9.96. The third-order valence-electron chi connectivity index (χ3n) is 4.92. The van der Waals surface area contributed by atoms with Crippen molar-refractivity contribution in [3.05, 3.63) is 52.3 Å². The van der Waals surface area contributed by atoms with Gasteiger partial charge in [0.05, 0.1) is 28.2 Å². The van der Waals surface area contributed by atoms with E-state index in [9.17, 15) is 14.4 Å². The molecule has 1 aromatic heterocycles. The van der Waals surface area contributed by atoms with Crippen LogP contribution in [0.3, 0.4) is 0 Å². The van der Waals surface area contributed by atoms with Crippen molar-refractivity contribution in [2.45, 2.75) is 18.5 Å². The SMILES string of the molecule is CN1C(=O)c2ccc(Cl)cc2N2C(=O)CC[C@@]12C(=O)Nc1cncc(Cl)c1. The lowest BCUT2D eigenvalue weighted by Crippen LogP contribution is -2.68. The lowest BCUT2D eigenvalue weighted by molar-refractivity contribution is -0.128. The van der Waals surface area contributed by atoms with E-state index in [0.29, 0.717) is 27.0 Å². The molecule has 0 saturated carbocycles. The molecular weight excluding hydrogens is 391 g/mol. The van der Waals surface area contributed by atoms with E-state index in [2.05, 4.69) is 10.3 Å². The number of nitrogens with one attached hydrogen (secondary N) is 1. The number of aromatic nitrogens is 1. The molecule has 2 aliphatic rings. The smallest absolute Gasteiger partial charge is 0.271 e. The van der Waals surface area contributed by atoms with E-state index >= 15 is 0 Å². The van der Waals surface area contributed by atoms with E-state index in [1.807, 2.05) is 0 Å². The summed E-state index contributed by atoms with van der Waals surface area (Å²) in [5, 5.41) is 3.46. The Morgan fingerprint density at radius 1 is 1.19 bits per heavy atom. The highest BCUT2D eigenvalue weighted by Crippen LogP contribution is 2.45. The Balaban J connectivity index is 1.83. The van der Waals surface area contributed by atoms with E-state index in [-0.39, 0.29) is 24.7 Å². The van der Waals surface area contributed by atoms with Gasteiger partial charge in [-0.3, -0.25) is 24.3 Å². The third-order valence-corrected chi connectivity index (χ3v) is 5.37. The summed E-state index contributed by atoms with van der Waals surface area (Å²) in [6.45, 7) is 0. The Kier molecular flexibility index (Phi) is 4.09. The Labute approximate surface area is 164 Å². The van der Waals surface area contributed by atoms with E-state index in [1.54, 1.807) is 18.2 Å². The van der Waals surface area contributed by atoms with Crippen molar-refractivity contribution in [3.63, 3.8) is 0 Å². The first-order valence-corrected chi connectivity index (χ1v) is 8.93. The molecule has 0 spiro atoms. The summed E-state index contributed by atoms with van der Waals surface area (Å²) in [7, 11) is 1.52. The molecule has 27 heavy (non-hydrogen) atoms. The number of carbonyl (C=O) groups excluding carboxylic acids is 3. The van der Waals surface area contributed by atoms with Crippen molar-refractivity contribution in [2.75, 3.05) is 17.3 Å². The number of fused-ring (bicyclic) bond motifs is 3. The lowest BCUT2D eigenvalue weighted by Gasteiger charge is -2.47. The van der Waals surface area contributed by atoms with Crippen molar-refractivity contribution in [1.82, 2.24) is 9.88 Å². The first-order valence-electron chi connectivity index (χ1n) is 8.17. The second kappa shape index (κ2) is 6.21. The largest absolute Gasteiger partial charge is 0.321 e. The molecule has 4 rings (SSSR count). The fourth-order valence-corrected chi connectivity index (χ4v) is 4.00. The summed E-state index contributed by atoms with van der Waals surface area (Å²) < 4.78 is 0. The molecule has 0 unspecified atom stereocenters. The van der Waals surface area contributed by atoms with Crippen LogP contribution in [0.15, 0.2) is 36.7 Å². The summed E-state index contributed by atoms with van der Waals surface area (Å²) in [6.07, 6.45) is 3.18. The average Bonchev–Trinajstić information content (AvgIpc) is 2.98. The van der Waals surface area contributed by atoms with Crippen LogP contribution in [0.1, 0.15) is 23.2 Å². The molecule has 1 saturated heterocycles. The number of amides is 3. The number of likely N-dealkylation sites (N-methyl/N-ethyl adjacent to an activating group) is 1. The monoisotopic (exact) mass is 404 g/mol. The Morgan fingerprint density at radius 3 is 2.70 bits per heavy atom. The molecule has 0 radical (unpaired) electrons. The van der Waals surface area contributed by atoms with Crippen molar-refractivity contribution in [3.8, 4) is 0 Å². The quantitative estimate of drug-likeness (QED) is 0.833. The number of benzene rings is 1. The number of pyridine rings is 1. The van der Waals surface area contributed by atoms with Gasteiger partial charge in [-0.05, 0) is 24.3 Å². The van der Waals surface area contributed by atoms with Crippen LogP contribution in [0, 0.1) is 0 Å². The predicted molar refractivity (Wildman–Crippen MR) is 101 cm³/mol. The molecule has 1 fully saturated rings. The van der Waals surface area contributed by atoms with Crippen molar-refractivity contribution < 1.29 is 14.4 Å². The van der Waals surface area contributed by atoms with Crippen LogP contribution in [-0.2, 0) is 9.59 Å². The highest BCUT2D eigenvalue weighted by atomic mass is 35.5. The number of halogens is 2. The van der Waals surface area contributed by atoms with Gasteiger partial charge in [0.25, 0.3) is 11.8 Å². The van der Waals surface area contributed by atoms with Gasteiger partial charge in [-0.25, -0.2) is 0 Å². The summed E-state index contributed by atoms with van der Waals surface area (Å²) in [5.41, 5.74) is -0.440. The van der Waals surface area contributed by atoms with Gasteiger partial charge in [0.15, 0.2) is 0 Å². The van der Waals surface area contributed by atoms with Crippen molar-refractivity contribution in [2.24, 2.45) is 0 Å². The minimum Gasteiger partial charge on any atom is -0.321 e. The summed E-state index contributed by atoms with van der Waals surface area (Å²) in [6, 6.07) is 6.22. The number of rotatable bonds is 2. The second-order valence-electron chi connectivity index (χ2n) is 6.42. The van der Waals surface area contributed by atoms with Crippen LogP contribution < -0.4 is 10.2 Å². The topological polar surface area (TPSA) is 82.6 Å². The molecule has 3 heterocycles. The summed E-state index contributed by atoms with van der Waals surface area (Å²) in [5.74, 6) is -1.12. The molecule has 1 aromatic carbocycles. The maximum Gasteiger partial charge on any atom is 0.271 e. The minimum absolute atomic E-state index is 0.130. The molecule has 1 N–H and O–H groups in total. The molecule has 2 aliphatic heterocycles. The number of hydrogen-bond donors (Lipinski definition) is 1. The normalized spacial score (nSPS) is 21.1. The first kappa shape index (κ1) is 17.8. The predicted octanol–water partition coefficient (Wildman–Crippen LogP) is 2.94. The maximum absolute atomic E-state index is 13.3. The van der Waals surface area contributed by atoms with E-state index < -0.39 is 11.6 Å². The van der Waals surface area contributed by atoms with E-state index in [4.69, 9.17) is 23.2 Å². The minimum atomic E-state index is -1.48. The third kappa shape index (κ3) is 2.57. The first-order chi connectivity index (χ1) is 12.8. The zero-order chi connectivity index (χ0) is 19.3. The molecule has 0 aliphatic carbocycles. The van der Waals surface area contributed by atoms with Gasteiger partial charge < -0.3 is 10.2 Å². The van der Waals surface area contributed by atoms with Crippen LogP contribution in [0.4, 0.5) is 11.4 Å². The zero-order valence-corrected chi connectivity index (χ0v) is 15.7. The van der Waals surface area contributed by atoms with Gasteiger partial charge in [-0.2, -0.15) is 0 Å². The Bertz CT molecular complexity index is 996.